The molecule has 1 aromatic carbocycles. The predicted molar refractivity (Wildman–Crippen MR) is 110 cm³/mol. The van der Waals surface area contributed by atoms with Crippen molar-refractivity contribution in [2.75, 3.05) is 19.6 Å². The van der Waals surface area contributed by atoms with Crippen molar-refractivity contribution in [3.63, 3.8) is 0 Å². The standard InChI is InChI=1S/C21H28Cl2N2O/c1-14-12-24(13-15(2)26-14)8-5-9-25-19-7-4-3-6-17(19)21-18(23)10-16(22)11-20(21)25/h10-11,14-15H,3-9,12-13H2,1-2H3. The van der Waals surface area contributed by atoms with Crippen LogP contribution >= 0.6 is 23.2 Å². The van der Waals surface area contributed by atoms with Crippen LogP contribution in [-0.2, 0) is 24.1 Å². The maximum atomic E-state index is 6.58. The highest BCUT2D eigenvalue weighted by Crippen LogP contribution is 2.38. The summed E-state index contributed by atoms with van der Waals surface area (Å²) in [6, 6.07) is 3.99. The van der Waals surface area contributed by atoms with Crippen LogP contribution in [0.4, 0.5) is 0 Å². The van der Waals surface area contributed by atoms with Gasteiger partial charge >= 0.3 is 0 Å². The van der Waals surface area contributed by atoms with Crippen molar-refractivity contribution < 1.29 is 4.74 Å². The zero-order chi connectivity index (χ0) is 18.3. The molecule has 2 aliphatic rings. The number of halogens is 2. The zero-order valence-corrected chi connectivity index (χ0v) is 17.2. The topological polar surface area (TPSA) is 17.4 Å². The molecule has 1 aliphatic carbocycles. The molecule has 5 heteroatoms. The molecule has 2 heterocycles. The largest absolute Gasteiger partial charge is 0.373 e. The molecule has 1 aliphatic heterocycles. The number of ether oxygens (including phenoxy) is 1. The van der Waals surface area contributed by atoms with E-state index >= 15 is 0 Å². The summed E-state index contributed by atoms with van der Waals surface area (Å²) in [6.45, 7) is 8.55. The molecule has 1 fully saturated rings. The molecule has 3 nitrogen and oxygen atoms in total. The summed E-state index contributed by atoms with van der Waals surface area (Å²) in [5.74, 6) is 0. The maximum absolute atomic E-state index is 6.58. The van der Waals surface area contributed by atoms with Gasteiger partial charge in [0, 0.05) is 42.3 Å². The average Bonchev–Trinajstić information content (AvgIpc) is 2.88. The van der Waals surface area contributed by atoms with Gasteiger partial charge in [-0.3, -0.25) is 4.90 Å². The van der Waals surface area contributed by atoms with E-state index < -0.39 is 0 Å². The fourth-order valence-corrected chi connectivity index (χ4v) is 5.45. The second-order valence-electron chi connectivity index (χ2n) is 7.94. The third-order valence-corrected chi connectivity index (χ3v) is 6.26. The van der Waals surface area contributed by atoms with Gasteiger partial charge in [0.15, 0.2) is 0 Å². The monoisotopic (exact) mass is 394 g/mol. The van der Waals surface area contributed by atoms with Gasteiger partial charge in [-0.25, -0.2) is 0 Å². The Morgan fingerprint density at radius 3 is 2.54 bits per heavy atom. The van der Waals surface area contributed by atoms with Crippen LogP contribution in [-0.4, -0.2) is 41.3 Å². The Bertz CT molecular complexity index is 791. The summed E-state index contributed by atoms with van der Waals surface area (Å²) >= 11 is 12.9. The van der Waals surface area contributed by atoms with Crippen LogP contribution in [0, 0.1) is 0 Å². The van der Waals surface area contributed by atoms with Crippen LogP contribution in [0.3, 0.4) is 0 Å². The van der Waals surface area contributed by atoms with E-state index in [1.54, 1.807) is 0 Å². The molecule has 1 saturated heterocycles. The number of nitrogens with zero attached hydrogens (tertiary/aromatic N) is 2. The maximum Gasteiger partial charge on any atom is 0.0678 e. The molecular weight excluding hydrogens is 367 g/mol. The van der Waals surface area contributed by atoms with E-state index in [-0.39, 0.29) is 0 Å². The number of aryl methyl sites for hydroxylation is 2. The molecule has 2 atom stereocenters. The second-order valence-corrected chi connectivity index (χ2v) is 8.78. The molecule has 0 saturated carbocycles. The molecule has 1 aromatic heterocycles. The fraction of sp³-hybridized carbons (Fsp3) is 0.619. The Kier molecular flexibility index (Phi) is 5.52. The van der Waals surface area contributed by atoms with Crippen molar-refractivity contribution in [1.82, 2.24) is 9.47 Å². The Labute approximate surface area is 166 Å². The molecule has 0 N–H and O–H groups in total. The Morgan fingerprint density at radius 2 is 1.77 bits per heavy atom. The summed E-state index contributed by atoms with van der Waals surface area (Å²) in [4.78, 5) is 2.54. The van der Waals surface area contributed by atoms with Crippen LogP contribution in [0.2, 0.25) is 10.0 Å². The number of hydrogen-bond acceptors (Lipinski definition) is 2. The van der Waals surface area contributed by atoms with Crippen molar-refractivity contribution in [2.45, 2.75) is 64.7 Å². The van der Waals surface area contributed by atoms with Crippen molar-refractivity contribution in [3.8, 4) is 0 Å². The molecule has 2 aromatic rings. The third kappa shape index (κ3) is 3.64. The quantitative estimate of drug-likeness (QED) is 0.697. The highest BCUT2D eigenvalue weighted by atomic mass is 35.5. The van der Waals surface area contributed by atoms with E-state index in [1.165, 1.54) is 35.0 Å². The first-order valence-corrected chi connectivity index (χ1v) is 10.7. The van der Waals surface area contributed by atoms with Crippen LogP contribution in [0.15, 0.2) is 12.1 Å². The first-order chi connectivity index (χ1) is 12.5. The SMILES string of the molecule is CC1CN(CCCn2c3c(c4c(Cl)cc(Cl)cc42)CCCC3)CC(C)O1. The predicted octanol–water partition coefficient (Wildman–Crippen LogP) is 5.33. The van der Waals surface area contributed by atoms with E-state index in [2.05, 4.69) is 29.4 Å². The minimum absolute atomic E-state index is 0.330. The van der Waals surface area contributed by atoms with E-state index in [0.717, 1.165) is 55.5 Å². The third-order valence-electron chi connectivity index (χ3n) is 5.74. The average molecular weight is 395 g/mol. The second kappa shape index (κ2) is 7.71. The summed E-state index contributed by atoms with van der Waals surface area (Å²) in [7, 11) is 0. The number of benzene rings is 1. The number of aromatic nitrogens is 1. The number of fused-ring (bicyclic) bond motifs is 3. The molecule has 0 bridgehead atoms. The number of hydrogen-bond donors (Lipinski definition) is 0. The number of morpholine rings is 1. The normalized spacial score (nSPS) is 24.2. The minimum Gasteiger partial charge on any atom is -0.373 e. The van der Waals surface area contributed by atoms with Gasteiger partial charge < -0.3 is 9.30 Å². The van der Waals surface area contributed by atoms with Crippen LogP contribution < -0.4 is 0 Å². The highest BCUT2D eigenvalue weighted by Gasteiger charge is 2.24. The molecule has 0 amide bonds. The van der Waals surface area contributed by atoms with Crippen LogP contribution in [0.1, 0.15) is 44.4 Å². The van der Waals surface area contributed by atoms with Gasteiger partial charge in [0.2, 0.25) is 0 Å². The van der Waals surface area contributed by atoms with Gasteiger partial charge in [-0.05, 0) is 63.6 Å². The summed E-state index contributed by atoms with van der Waals surface area (Å²) in [5, 5.41) is 2.77. The lowest BCUT2D eigenvalue weighted by Crippen LogP contribution is -2.45. The molecule has 4 rings (SSSR count). The van der Waals surface area contributed by atoms with Gasteiger partial charge in [0.1, 0.15) is 0 Å². The van der Waals surface area contributed by atoms with E-state index in [1.807, 2.05) is 6.07 Å². The van der Waals surface area contributed by atoms with Crippen LogP contribution in [0.25, 0.3) is 10.9 Å². The molecule has 0 spiro atoms. The molecular formula is C21H28Cl2N2O. The summed E-state index contributed by atoms with van der Waals surface area (Å²) in [6.07, 6.45) is 6.62. The van der Waals surface area contributed by atoms with Gasteiger partial charge in [-0.15, -0.1) is 0 Å². The summed E-state index contributed by atoms with van der Waals surface area (Å²) < 4.78 is 8.35. The first-order valence-electron chi connectivity index (χ1n) is 9.89. The van der Waals surface area contributed by atoms with Crippen molar-refractivity contribution >= 4 is 34.1 Å². The molecule has 0 radical (unpaired) electrons. The molecule has 2 unspecified atom stereocenters. The van der Waals surface area contributed by atoms with Gasteiger partial charge in [0.05, 0.1) is 22.7 Å². The number of rotatable bonds is 4. The lowest BCUT2D eigenvalue weighted by molar-refractivity contribution is -0.0682. The Hall–Kier alpha value is -0.740. The van der Waals surface area contributed by atoms with E-state index in [4.69, 9.17) is 27.9 Å². The van der Waals surface area contributed by atoms with Gasteiger partial charge in [0.25, 0.3) is 0 Å². The lowest BCUT2D eigenvalue weighted by atomic mass is 9.95. The van der Waals surface area contributed by atoms with Crippen molar-refractivity contribution in [1.29, 1.82) is 0 Å². The van der Waals surface area contributed by atoms with Gasteiger partial charge in [-0.1, -0.05) is 23.2 Å². The first kappa shape index (κ1) is 18.6. The fourth-order valence-electron chi connectivity index (χ4n) is 4.85. The smallest absolute Gasteiger partial charge is 0.0678 e. The summed E-state index contributed by atoms with van der Waals surface area (Å²) in [5.41, 5.74) is 4.17. The van der Waals surface area contributed by atoms with E-state index in [9.17, 15) is 0 Å². The molecule has 26 heavy (non-hydrogen) atoms. The lowest BCUT2D eigenvalue weighted by Gasteiger charge is -2.35. The van der Waals surface area contributed by atoms with Crippen molar-refractivity contribution in [3.05, 3.63) is 33.4 Å². The van der Waals surface area contributed by atoms with Crippen LogP contribution in [0.5, 0.6) is 0 Å². The van der Waals surface area contributed by atoms with Crippen molar-refractivity contribution in [2.24, 2.45) is 0 Å². The minimum atomic E-state index is 0.330. The Balaban J connectivity index is 1.56. The molecule has 142 valence electrons. The van der Waals surface area contributed by atoms with E-state index in [0.29, 0.717) is 12.2 Å². The van der Waals surface area contributed by atoms with Gasteiger partial charge in [-0.2, -0.15) is 0 Å². The zero-order valence-electron chi connectivity index (χ0n) is 15.7. The highest BCUT2D eigenvalue weighted by molar-refractivity contribution is 6.38. The Morgan fingerprint density at radius 1 is 1.04 bits per heavy atom.